The Morgan fingerprint density at radius 3 is 2.36 bits per heavy atom. The van der Waals surface area contributed by atoms with Gasteiger partial charge < -0.3 is 15.0 Å². The lowest BCUT2D eigenvalue weighted by atomic mass is 10.1. The predicted octanol–water partition coefficient (Wildman–Crippen LogP) is 4.81. The zero-order chi connectivity index (χ0) is 23.7. The zero-order valence-electron chi connectivity index (χ0n) is 17.4. The highest BCUT2D eigenvalue weighted by Crippen LogP contribution is 2.30. The molecule has 0 saturated carbocycles. The van der Waals surface area contributed by atoms with Gasteiger partial charge in [0.25, 0.3) is 11.8 Å². The van der Waals surface area contributed by atoms with Crippen molar-refractivity contribution in [3.8, 4) is 5.75 Å². The van der Waals surface area contributed by atoms with E-state index in [1.807, 2.05) is 0 Å². The van der Waals surface area contributed by atoms with Crippen molar-refractivity contribution in [3.63, 3.8) is 0 Å². The van der Waals surface area contributed by atoms with Gasteiger partial charge in [-0.1, -0.05) is 6.07 Å². The van der Waals surface area contributed by atoms with Crippen molar-refractivity contribution < 1.29 is 31.9 Å². The molecule has 33 heavy (non-hydrogen) atoms. The predicted molar refractivity (Wildman–Crippen MR) is 111 cm³/mol. The van der Waals surface area contributed by atoms with Crippen LogP contribution in [0.5, 0.6) is 5.75 Å². The lowest BCUT2D eigenvalue weighted by molar-refractivity contribution is -0.138. The van der Waals surface area contributed by atoms with Gasteiger partial charge in [0.1, 0.15) is 34.6 Å². The van der Waals surface area contributed by atoms with E-state index in [9.17, 15) is 27.2 Å². The summed E-state index contributed by atoms with van der Waals surface area (Å²) >= 11 is 0. The van der Waals surface area contributed by atoms with Gasteiger partial charge in [-0.15, -0.1) is 0 Å². The van der Waals surface area contributed by atoms with Crippen LogP contribution in [0.4, 0.5) is 23.2 Å². The lowest BCUT2D eigenvalue weighted by Gasteiger charge is -2.22. The molecule has 1 N–H and O–H groups in total. The maximum Gasteiger partial charge on any atom is 0.263 e. The van der Waals surface area contributed by atoms with Gasteiger partial charge in [-0.05, 0) is 55.0 Å². The van der Waals surface area contributed by atoms with Crippen LogP contribution in [0.1, 0.15) is 28.4 Å². The summed E-state index contributed by atoms with van der Waals surface area (Å²) in [5, 5.41) is 2.44. The third-order valence-corrected chi connectivity index (χ3v) is 5.13. The molecule has 1 atom stereocenters. The molecule has 0 aliphatic carbocycles. The Hall–Kier alpha value is -3.88. The SMILES string of the molecule is C[C@@H]1Oc2ccc(NC(=O)c3c(F)cccc3F)cc2CN(Cc2cc(F)cc(F)c2)C1=O. The van der Waals surface area contributed by atoms with Gasteiger partial charge in [0.15, 0.2) is 6.10 Å². The Bertz CT molecular complexity index is 1210. The molecular formula is C24H18F4N2O3. The number of fused-ring (bicyclic) bond motifs is 1. The maximum absolute atomic E-state index is 13.9. The molecule has 0 radical (unpaired) electrons. The van der Waals surface area contributed by atoms with Gasteiger partial charge in [-0.3, -0.25) is 9.59 Å². The smallest absolute Gasteiger partial charge is 0.263 e. The van der Waals surface area contributed by atoms with E-state index in [0.717, 1.165) is 36.4 Å². The van der Waals surface area contributed by atoms with Gasteiger partial charge in [-0.2, -0.15) is 0 Å². The fraction of sp³-hybridized carbons (Fsp3) is 0.167. The average molecular weight is 458 g/mol. The first-order chi connectivity index (χ1) is 15.7. The second kappa shape index (κ2) is 8.93. The van der Waals surface area contributed by atoms with Crippen LogP contribution < -0.4 is 10.1 Å². The number of carbonyl (C=O) groups excluding carboxylic acids is 2. The van der Waals surface area contributed by atoms with Gasteiger partial charge in [-0.25, -0.2) is 17.6 Å². The van der Waals surface area contributed by atoms with E-state index < -0.39 is 46.8 Å². The molecule has 3 aromatic carbocycles. The second-order valence-corrected chi connectivity index (χ2v) is 7.61. The van der Waals surface area contributed by atoms with E-state index in [1.165, 1.54) is 23.1 Å². The summed E-state index contributed by atoms with van der Waals surface area (Å²) < 4.78 is 60.7. The Morgan fingerprint density at radius 1 is 1.03 bits per heavy atom. The first-order valence-electron chi connectivity index (χ1n) is 10.00. The molecule has 170 valence electrons. The van der Waals surface area contributed by atoms with Crippen LogP contribution in [0, 0.1) is 23.3 Å². The number of rotatable bonds is 4. The number of amides is 2. The molecule has 0 spiro atoms. The molecule has 9 heteroatoms. The number of nitrogens with zero attached hydrogens (tertiary/aromatic N) is 1. The van der Waals surface area contributed by atoms with Crippen molar-refractivity contribution >= 4 is 17.5 Å². The van der Waals surface area contributed by atoms with E-state index in [1.54, 1.807) is 6.92 Å². The summed E-state index contributed by atoms with van der Waals surface area (Å²) in [6.45, 7) is 1.50. The minimum Gasteiger partial charge on any atom is -0.481 e. The van der Waals surface area contributed by atoms with Crippen LogP contribution in [-0.2, 0) is 17.9 Å². The van der Waals surface area contributed by atoms with Gasteiger partial charge in [0.05, 0.1) is 0 Å². The molecule has 3 aromatic rings. The summed E-state index contributed by atoms with van der Waals surface area (Å²) in [4.78, 5) is 26.5. The fourth-order valence-corrected chi connectivity index (χ4v) is 3.64. The first kappa shape index (κ1) is 22.3. The number of nitrogens with one attached hydrogen (secondary N) is 1. The molecule has 1 aliphatic heterocycles. The Labute approximate surface area is 186 Å². The zero-order valence-corrected chi connectivity index (χ0v) is 17.4. The van der Waals surface area contributed by atoms with Crippen LogP contribution in [-0.4, -0.2) is 22.8 Å². The van der Waals surface area contributed by atoms with Crippen LogP contribution in [0.3, 0.4) is 0 Å². The fourth-order valence-electron chi connectivity index (χ4n) is 3.64. The van der Waals surface area contributed by atoms with Crippen molar-refractivity contribution in [3.05, 3.63) is 94.6 Å². The minimum atomic E-state index is -1.00. The maximum atomic E-state index is 13.9. The lowest BCUT2D eigenvalue weighted by Crippen LogP contribution is -2.37. The number of hydrogen-bond acceptors (Lipinski definition) is 3. The van der Waals surface area contributed by atoms with Gasteiger partial charge in [0, 0.05) is 30.4 Å². The molecule has 4 rings (SSSR count). The third kappa shape index (κ3) is 4.82. The van der Waals surface area contributed by atoms with E-state index in [2.05, 4.69) is 5.32 Å². The molecule has 1 aliphatic rings. The molecule has 1 heterocycles. The molecule has 2 amide bonds. The van der Waals surface area contributed by atoms with Crippen LogP contribution in [0.25, 0.3) is 0 Å². The highest BCUT2D eigenvalue weighted by molar-refractivity contribution is 6.04. The number of halogens is 4. The standard InChI is InChI=1S/C24H18F4N2O3/c1-13-24(32)30(11-14-7-16(25)10-17(26)8-14)12-15-9-18(5-6-21(15)33-13)29-23(31)22-19(27)3-2-4-20(22)28/h2-10,13H,11-12H2,1H3,(H,29,31)/t13-/m0/s1. The number of carbonyl (C=O) groups is 2. The topological polar surface area (TPSA) is 58.6 Å². The number of hydrogen-bond donors (Lipinski definition) is 1. The third-order valence-electron chi connectivity index (χ3n) is 5.13. The molecular weight excluding hydrogens is 440 g/mol. The van der Waals surface area contributed by atoms with Crippen LogP contribution in [0.2, 0.25) is 0 Å². The van der Waals surface area contributed by atoms with Crippen molar-refractivity contribution in [2.75, 3.05) is 5.32 Å². The Balaban J connectivity index is 1.60. The quantitative estimate of drug-likeness (QED) is 0.572. The highest BCUT2D eigenvalue weighted by atomic mass is 19.1. The molecule has 0 unspecified atom stereocenters. The molecule has 0 saturated heterocycles. The number of anilines is 1. The summed E-state index contributed by atoms with van der Waals surface area (Å²) in [6, 6.07) is 10.6. The average Bonchev–Trinajstić information content (AvgIpc) is 2.84. The van der Waals surface area contributed by atoms with Crippen LogP contribution >= 0.6 is 0 Å². The van der Waals surface area contributed by atoms with Gasteiger partial charge >= 0.3 is 0 Å². The van der Waals surface area contributed by atoms with E-state index >= 15 is 0 Å². The highest BCUT2D eigenvalue weighted by Gasteiger charge is 2.28. The monoisotopic (exact) mass is 458 g/mol. The largest absolute Gasteiger partial charge is 0.481 e. The number of ether oxygens (including phenoxy) is 1. The van der Waals surface area contributed by atoms with Crippen molar-refractivity contribution in [2.24, 2.45) is 0 Å². The number of benzene rings is 3. The Kier molecular flexibility index (Phi) is 6.04. The molecule has 0 bridgehead atoms. The molecule has 5 nitrogen and oxygen atoms in total. The second-order valence-electron chi connectivity index (χ2n) is 7.61. The minimum absolute atomic E-state index is 0.0222. The van der Waals surface area contributed by atoms with E-state index in [4.69, 9.17) is 4.74 Å². The van der Waals surface area contributed by atoms with Crippen molar-refractivity contribution in [1.29, 1.82) is 0 Å². The van der Waals surface area contributed by atoms with Crippen molar-refractivity contribution in [1.82, 2.24) is 4.90 Å². The van der Waals surface area contributed by atoms with Gasteiger partial charge in [0.2, 0.25) is 0 Å². The van der Waals surface area contributed by atoms with E-state index in [-0.39, 0.29) is 24.3 Å². The van der Waals surface area contributed by atoms with Crippen molar-refractivity contribution in [2.45, 2.75) is 26.1 Å². The first-order valence-corrected chi connectivity index (χ1v) is 10.00. The Morgan fingerprint density at radius 2 is 1.70 bits per heavy atom. The summed E-state index contributed by atoms with van der Waals surface area (Å²) in [7, 11) is 0. The molecule has 0 aromatic heterocycles. The molecule has 0 fully saturated rings. The summed E-state index contributed by atoms with van der Waals surface area (Å²) in [5.74, 6) is -4.52. The van der Waals surface area contributed by atoms with E-state index in [0.29, 0.717) is 11.3 Å². The summed E-state index contributed by atoms with van der Waals surface area (Å²) in [5.41, 5.74) is 0.262. The normalized spacial score (nSPS) is 15.5. The summed E-state index contributed by atoms with van der Waals surface area (Å²) in [6.07, 6.45) is -0.863. The van der Waals surface area contributed by atoms with Crippen LogP contribution in [0.15, 0.2) is 54.6 Å².